The first-order chi connectivity index (χ1) is 8.79. The Hall–Kier alpha value is -2.28. The second kappa shape index (κ2) is 4.43. The summed E-state index contributed by atoms with van der Waals surface area (Å²) in [5.41, 5.74) is 7.13. The van der Waals surface area contributed by atoms with Crippen LogP contribution < -0.4 is 5.73 Å². The largest absolute Gasteiger partial charge is 0.320 e. The smallest absolute Gasteiger partial charge is 0.294 e. The highest BCUT2D eigenvalue weighted by molar-refractivity contribution is 5.53. The first-order valence-corrected chi connectivity index (χ1v) is 5.76. The standard InChI is InChI=1S/C12H15N5O2/c1-8-4-5-9(17(18)19)10(6-8)16-7-11(14-15-16)12(2,3)13/h4-7H,13H2,1-3H3. The summed E-state index contributed by atoms with van der Waals surface area (Å²) in [6.45, 7) is 5.45. The van der Waals surface area contributed by atoms with Crippen LogP contribution in [-0.2, 0) is 5.54 Å². The molecule has 1 aromatic carbocycles. The van der Waals surface area contributed by atoms with Crippen molar-refractivity contribution >= 4 is 5.69 Å². The van der Waals surface area contributed by atoms with Gasteiger partial charge in [-0.2, -0.15) is 0 Å². The number of aromatic nitrogens is 3. The molecule has 100 valence electrons. The van der Waals surface area contributed by atoms with Crippen molar-refractivity contribution in [1.82, 2.24) is 15.0 Å². The molecule has 2 rings (SSSR count). The molecule has 0 atom stereocenters. The Balaban J connectivity index is 2.55. The summed E-state index contributed by atoms with van der Waals surface area (Å²) < 4.78 is 1.38. The SMILES string of the molecule is Cc1ccc([N+](=O)[O-])c(-n2cc(C(C)(C)N)nn2)c1. The van der Waals surface area contributed by atoms with Crippen molar-refractivity contribution in [2.75, 3.05) is 0 Å². The molecule has 0 aliphatic rings. The van der Waals surface area contributed by atoms with Gasteiger partial charge >= 0.3 is 0 Å². The molecule has 0 fully saturated rings. The third kappa shape index (κ3) is 2.60. The minimum atomic E-state index is -0.642. The molecule has 0 radical (unpaired) electrons. The molecule has 1 aromatic heterocycles. The lowest BCUT2D eigenvalue weighted by Crippen LogP contribution is -2.29. The topological polar surface area (TPSA) is 99.9 Å². The fraction of sp³-hybridized carbons (Fsp3) is 0.333. The summed E-state index contributed by atoms with van der Waals surface area (Å²) in [7, 11) is 0. The highest BCUT2D eigenvalue weighted by Gasteiger charge is 2.21. The number of benzene rings is 1. The van der Waals surface area contributed by atoms with Gasteiger partial charge in [-0.05, 0) is 32.4 Å². The number of rotatable bonds is 3. The molecule has 0 bridgehead atoms. The number of nitrogens with two attached hydrogens (primary N) is 1. The fourth-order valence-corrected chi connectivity index (χ4v) is 1.65. The molecule has 0 aliphatic carbocycles. The minimum Gasteiger partial charge on any atom is -0.320 e. The van der Waals surface area contributed by atoms with E-state index < -0.39 is 10.5 Å². The van der Waals surface area contributed by atoms with Gasteiger partial charge < -0.3 is 5.73 Å². The highest BCUT2D eigenvalue weighted by Crippen LogP contribution is 2.24. The normalized spacial score (nSPS) is 11.6. The van der Waals surface area contributed by atoms with Crippen molar-refractivity contribution < 1.29 is 4.92 Å². The van der Waals surface area contributed by atoms with Gasteiger partial charge in [-0.1, -0.05) is 11.3 Å². The molecule has 1 heterocycles. The molecule has 2 N–H and O–H groups in total. The fourth-order valence-electron chi connectivity index (χ4n) is 1.65. The number of aryl methyl sites for hydroxylation is 1. The average molecular weight is 261 g/mol. The van der Waals surface area contributed by atoms with E-state index in [4.69, 9.17) is 5.73 Å². The maximum absolute atomic E-state index is 11.0. The molecule has 2 aromatic rings. The molecular weight excluding hydrogens is 246 g/mol. The van der Waals surface area contributed by atoms with Crippen LogP contribution in [0.5, 0.6) is 0 Å². The lowest BCUT2D eigenvalue weighted by Gasteiger charge is -2.13. The molecular formula is C12H15N5O2. The molecule has 0 saturated carbocycles. The van der Waals surface area contributed by atoms with Crippen LogP contribution in [0.3, 0.4) is 0 Å². The second-order valence-corrected chi connectivity index (χ2v) is 5.02. The van der Waals surface area contributed by atoms with Crippen molar-refractivity contribution in [3.05, 3.63) is 45.8 Å². The van der Waals surface area contributed by atoms with Gasteiger partial charge in [0.05, 0.1) is 16.7 Å². The maximum Gasteiger partial charge on any atom is 0.294 e. The van der Waals surface area contributed by atoms with E-state index in [2.05, 4.69) is 10.3 Å². The van der Waals surface area contributed by atoms with Crippen LogP contribution in [-0.4, -0.2) is 19.9 Å². The summed E-state index contributed by atoms with van der Waals surface area (Å²) in [6.07, 6.45) is 1.61. The third-order valence-electron chi connectivity index (χ3n) is 2.73. The maximum atomic E-state index is 11.0. The first-order valence-electron chi connectivity index (χ1n) is 5.76. The van der Waals surface area contributed by atoms with E-state index in [1.807, 2.05) is 6.92 Å². The number of nitro groups is 1. The van der Waals surface area contributed by atoms with Gasteiger partial charge in [-0.25, -0.2) is 4.68 Å². The monoisotopic (exact) mass is 261 g/mol. The summed E-state index contributed by atoms with van der Waals surface area (Å²) >= 11 is 0. The lowest BCUT2D eigenvalue weighted by atomic mass is 10.0. The molecule has 7 nitrogen and oxygen atoms in total. The van der Waals surface area contributed by atoms with Gasteiger partial charge in [0.25, 0.3) is 5.69 Å². The van der Waals surface area contributed by atoms with E-state index in [1.54, 1.807) is 32.2 Å². The molecule has 0 saturated heterocycles. The molecule has 0 amide bonds. The quantitative estimate of drug-likeness (QED) is 0.669. The Morgan fingerprint density at radius 1 is 1.42 bits per heavy atom. The summed E-state index contributed by atoms with van der Waals surface area (Å²) in [4.78, 5) is 10.6. The van der Waals surface area contributed by atoms with E-state index in [9.17, 15) is 10.1 Å². The Morgan fingerprint density at radius 3 is 2.63 bits per heavy atom. The Morgan fingerprint density at radius 2 is 2.11 bits per heavy atom. The minimum absolute atomic E-state index is 0.0168. The van der Waals surface area contributed by atoms with Gasteiger partial charge in [0.2, 0.25) is 0 Å². The predicted octanol–water partition coefficient (Wildman–Crippen LogP) is 1.68. The zero-order valence-corrected chi connectivity index (χ0v) is 11.0. The Bertz CT molecular complexity index is 627. The summed E-state index contributed by atoms with van der Waals surface area (Å²) in [6, 6.07) is 4.84. The Labute approximate surface area is 110 Å². The van der Waals surface area contributed by atoms with Crippen LogP contribution >= 0.6 is 0 Å². The van der Waals surface area contributed by atoms with Crippen molar-refractivity contribution in [1.29, 1.82) is 0 Å². The first kappa shape index (κ1) is 13.2. The number of hydrogen-bond donors (Lipinski definition) is 1. The van der Waals surface area contributed by atoms with E-state index in [0.717, 1.165) is 5.56 Å². The second-order valence-electron chi connectivity index (χ2n) is 5.02. The number of nitro benzene ring substituents is 1. The molecule has 7 heteroatoms. The predicted molar refractivity (Wildman–Crippen MR) is 70.0 cm³/mol. The summed E-state index contributed by atoms with van der Waals surface area (Å²) in [5.74, 6) is 0. The van der Waals surface area contributed by atoms with Gasteiger partial charge in [-0.3, -0.25) is 10.1 Å². The number of nitrogens with zero attached hydrogens (tertiary/aromatic N) is 4. The van der Waals surface area contributed by atoms with Crippen LogP contribution in [0.4, 0.5) is 5.69 Å². The van der Waals surface area contributed by atoms with Gasteiger partial charge in [-0.15, -0.1) is 5.10 Å². The van der Waals surface area contributed by atoms with Gasteiger partial charge in [0.15, 0.2) is 0 Å². The third-order valence-corrected chi connectivity index (χ3v) is 2.73. The lowest BCUT2D eigenvalue weighted by molar-refractivity contribution is -0.384. The number of hydrogen-bond acceptors (Lipinski definition) is 5. The van der Waals surface area contributed by atoms with E-state index in [-0.39, 0.29) is 5.69 Å². The van der Waals surface area contributed by atoms with Crippen LogP contribution in [0, 0.1) is 17.0 Å². The van der Waals surface area contributed by atoms with E-state index in [0.29, 0.717) is 11.4 Å². The summed E-state index contributed by atoms with van der Waals surface area (Å²) in [5, 5.41) is 18.9. The van der Waals surface area contributed by atoms with Crippen LogP contribution in [0.2, 0.25) is 0 Å². The van der Waals surface area contributed by atoms with E-state index in [1.165, 1.54) is 10.7 Å². The zero-order valence-electron chi connectivity index (χ0n) is 11.0. The molecule has 0 spiro atoms. The van der Waals surface area contributed by atoms with Crippen molar-refractivity contribution in [3.63, 3.8) is 0 Å². The molecule has 0 aliphatic heterocycles. The van der Waals surface area contributed by atoms with Crippen molar-refractivity contribution in [3.8, 4) is 5.69 Å². The molecule has 19 heavy (non-hydrogen) atoms. The van der Waals surface area contributed by atoms with Gasteiger partial charge in [0, 0.05) is 6.07 Å². The van der Waals surface area contributed by atoms with Crippen molar-refractivity contribution in [2.24, 2.45) is 5.73 Å². The van der Waals surface area contributed by atoms with Crippen LogP contribution in [0.15, 0.2) is 24.4 Å². The van der Waals surface area contributed by atoms with Gasteiger partial charge in [0.1, 0.15) is 11.4 Å². The van der Waals surface area contributed by atoms with Crippen LogP contribution in [0.1, 0.15) is 25.1 Å². The highest BCUT2D eigenvalue weighted by atomic mass is 16.6. The van der Waals surface area contributed by atoms with E-state index >= 15 is 0 Å². The Kier molecular flexibility index (Phi) is 3.07. The molecule has 0 unspecified atom stereocenters. The average Bonchev–Trinajstić information content (AvgIpc) is 2.77. The zero-order chi connectivity index (χ0) is 14.2. The van der Waals surface area contributed by atoms with Crippen molar-refractivity contribution in [2.45, 2.75) is 26.3 Å². The van der Waals surface area contributed by atoms with Crippen LogP contribution in [0.25, 0.3) is 5.69 Å².